The van der Waals surface area contributed by atoms with Gasteiger partial charge in [0.05, 0.1) is 11.6 Å². The minimum atomic E-state index is 0.336. The van der Waals surface area contributed by atoms with Gasteiger partial charge < -0.3 is 10.5 Å². The van der Waals surface area contributed by atoms with Crippen LogP contribution >= 0.6 is 11.6 Å². The fourth-order valence-electron chi connectivity index (χ4n) is 1.71. The van der Waals surface area contributed by atoms with Crippen molar-refractivity contribution in [2.45, 2.75) is 13.2 Å². The summed E-state index contributed by atoms with van der Waals surface area (Å²) in [4.78, 5) is 0. The molecule has 0 unspecified atom stereocenters. The average molecular weight is 273 g/mol. The third kappa shape index (κ3) is 3.25. The molecule has 2 rings (SSSR count). The van der Waals surface area contributed by atoms with Gasteiger partial charge in [0, 0.05) is 17.1 Å². The molecule has 2 aromatic rings. The molecule has 0 aliphatic carbocycles. The van der Waals surface area contributed by atoms with Crippen molar-refractivity contribution >= 4 is 11.6 Å². The van der Waals surface area contributed by atoms with Gasteiger partial charge in [0.25, 0.3) is 0 Å². The van der Waals surface area contributed by atoms with Crippen LogP contribution in [0.25, 0.3) is 0 Å². The number of rotatable bonds is 4. The Labute approximate surface area is 117 Å². The van der Waals surface area contributed by atoms with Gasteiger partial charge in [0.2, 0.25) is 0 Å². The number of nitrogens with zero attached hydrogens (tertiary/aromatic N) is 1. The molecule has 4 heteroatoms. The molecule has 2 N–H and O–H groups in total. The van der Waals surface area contributed by atoms with Crippen LogP contribution < -0.4 is 10.5 Å². The lowest BCUT2D eigenvalue weighted by atomic mass is 10.1. The molecule has 96 valence electrons. The first kappa shape index (κ1) is 13.4. The van der Waals surface area contributed by atoms with Gasteiger partial charge in [-0.05, 0) is 29.8 Å². The number of halogens is 1. The third-order valence-electron chi connectivity index (χ3n) is 2.76. The third-order valence-corrected chi connectivity index (χ3v) is 3.11. The molecule has 0 heterocycles. The highest BCUT2D eigenvalue weighted by atomic mass is 35.5. The molecule has 0 aromatic heterocycles. The normalized spacial score (nSPS) is 9.95. The molecule has 0 saturated heterocycles. The molecule has 0 fully saturated rings. The van der Waals surface area contributed by atoms with Gasteiger partial charge in [-0.1, -0.05) is 29.8 Å². The molecular weight excluding hydrogens is 260 g/mol. The summed E-state index contributed by atoms with van der Waals surface area (Å²) in [7, 11) is 0. The molecular formula is C15H13ClN2O. The molecule has 0 aliphatic heterocycles. The van der Waals surface area contributed by atoms with Crippen molar-refractivity contribution in [3.05, 3.63) is 64.2 Å². The van der Waals surface area contributed by atoms with E-state index in [1.165, 1.54) is 0 Å². The van der Waals surface area contributed by atoms with Gasteiger partial charge >= 0.3 is 0 Å². The number of benzene rings is 2. The van der Waals surface area contributed by atoms with Crippen LogP contribution in [-0.4, -0.2) is 0 Å². The van der Waals surface area contributed by atoms with Crippen molar-refractivity contribution in [3.63, 3.8) is 0 Å². The van der Waals surface area contributed by atoms with Gasteiger partial charge in [0.1, 0.15) is 12.4 Å². The van der Waals surface area contributed by atoms with E-state index in [1.54, 1.807) is 18.2 Å². The molecule has 0 amide bonds. The lowest BCUT2D eigenvalue weighted by Gasteiger charge is -2.11. The van der Waals surface area contributed by atoms with Gasteiger partial charge in [-0.25, -0.2) is 0 Å². The highest BCUT2D eigenvalue weighted by molar-refractivity contribution is 6.31. The van der Waals surface area contributed by atoms with Crippen molar-refractivity contribution in [2.24, 2.45) is 5.73 Å². The summed E-state index contributed by atoms with van der Waals surface area (Å²) in [6, 6.07) is 14.8. The van der Waals surface area contributed by atoms with E-state index < -0.39 is 0 Å². The van der Waals surface area contributed by atoms with Gasteiger partial charge in [-0.2, -0.15) is 5.26 Å². The van der Waals surface area contributed by atoms with Crippen molar-refractivity contribution in [3.8, 4) is 11.8 Å². The first-order valence-corrected chi connectivity index (χ1v) is 6.21. The predicted molar refractivity (Wildman–Crippen MR) is 74.8 cm³/mol. The Bertz CT molecular complexity index is 603. The molecule has 0 radical (unpaired) electrons. The SMILES string of the molecule is N#Cc1ccc(COc2cccc(Cl)c2CN)cc1. The number of hydrogen-bond donors (Lipinski definition) is 1. The van der Waals surface area contributed by atoms with Gasteiger partial charge in [-0.3, -0.25) is 0 Å². The van der Waals surface area contributed by atoms with Crippen LogP contribution in [0.2, 0.25) is 5.02 Å². The number of ether oxygens (including phenoxy) is 1. The zero-order valence-electron chi connectivity index (χ0n) is 10.3. The summed E-state index contributed by atoms with van der Waals surface area (Å²) in [6.45, 7) is 0.751. The Morgan fingerprint density at radius 1 is 1.16 bits per heavy atom. The molecule has 0 bridgehead atoms. The minimum absolute atomic E-state index is 0.336. The van der Waals surface area contributed by atoms with Crippen LogP contribution in [0.5, 0.6) is 5.75 Å². The predicted octanol–water partition coefficient (Wildman–Crippen LogP) is 3.25. The lowest BCUT2D eigenvalue weighted by Crippen LogP contribution is -2.03. The number of hydrogen-bond acceptors (Lipinski definition) is 3. The maximum absolute atomic E-state index is 8.73. The lowest BCUT2D eigenvalue weighted by molar-refractivity contribution is 0.303. The van der Waals surface area contributed by atoms with Crippen molar-refractivity contribution in [1.29, 1.82) is 5.26 Å². The summed E-state index contributed by atoms with van der Waals surface area (Å²) in [5, 5.41) is 9.34. The van der Waals surface area contributed by atoms with E-state index in [1.807, 2.05) is 24.3 Å². The second-order valence-electron chi connectivity index (χ2n) is 4.02. The summed E-state index contributed by atoms with van der Waals surface area (Å²) in [6.07, 6.45) is 0. The van der Waals surface area contributed by atoms with Crippen molar-refractivity contribution < 1.29 is 4.74 Å². The summed E-state index contributed by atoms with van der Waals surface area (Å²) >= 11 is 6.05. The smallest absolute Gasteiger partial charge is 0.125 e. The van der Waals surface area contributed by atoms with Crippen LogP contribution in [0.3, 0.4) is 0 Å². The molecule has 0 atom stereocenters. The first-order chi connectivity index (χ1) is 9.24. The van der Waals surface area contributed by atoms with Gasteiger partial charge in [0.15, 0.2) is 0 Å². The second kappa shape index (κ2) is 6.24. The average Bonchev–Trinajstić information content (AvgIpc) is 2.45. The number of nitrogens with two attached hydrogens (primary N) is 1. The maximum Gasteiger partial charge on any atom is 0.125 e. The Morgan fingerprint density at radius 3 is 2.53 bits per heavy atom. The van der Waals surface area contributed by atoms with E-state index in [2.05, 4.69) is 6.07 Å². The van der Waals surface area contributed by atoms with Crippen LogP contribution in [-0.2, 0) is 13.2 Å². The second-order valence-corrected chi connectivity index (χ2v) is 4.43. The fourth-order valence-corrected chi connectivity index (χ4v) is 1.95. The molecule has 19 heavy (non-hydrogen) atoms. The van der Waals surface area contributed by atoms with Crippen LogP contribution in [0.4, 0.5) is 0 Å². The largest absolute Gasteiger partial charge is 0.489 e. The zero-order valence-corrected chi connectivity index (χ0v) is 11.0. The fraction of sp³-hybridized carbons (Fsp3) is 0.133. The minimum Gasteiger partial charge on any atom is -0.489 e. The Morgan fingerprint density at radius 2 is 1.89 bits per heavy atom. The van der Waals surface area contributed by atoms with E-state index >= 15 is 0 Å². The molecule has 0 spiro atoms. The van der Waals surface area contributed by atoms with Gasteiger partial charge in [-0.15, -0.1) is 0 Å². The monoisotopic (exact) mass is 272 g/mol. The summed E-state index contributed by atoms with van der Waals surface area (Å²) in [5.41, 5.74) is 8.08. The van der Waals surface area contributed by atoms with Crippen LogP contribution in [0.1, 0.15) is 16.7 Å². The highest BCUT2D eigenvalue weighted by Gasteiger charge is 2.06. The van der Waals surface area contributed by atoms with E-state index in [-0.39, 0.29) is 0 Å². The van der Waals surface area contributed by atoms with Crippen molar-refractivity contribution in [1.82, 2.24) is 0 Å². The Balaban J connectivity index is 2.10. The molecule has 0 saturated carbocycles. The van der Waals surface area contributed by atoms with Crippen molar-refractivity contribution in [2.75, 3.05) is 0 Å². The van der Waals surface area contributed by atoms with E-state index in [0.29, 0.717) is 29.5 Å². The Kier molecular flexibility index (Phi) is 4.40. The summed E-state index contributed by atoms with van der Waals surface area (Å²) in [5.74, 6) is 0.694. The molecule has 0 aliphatic rings. The van der Waals surface area contributed by atoms with Crippen LogP contribution in [0.15, 0.2) is 42.5 Å². The molecule has 2 aromatic carbocycles. The van der Waals surface area contributed by atoms with E-state index in [4.69, 9.17) is 27.3 Å². The highest BCUT2D eigenvalue weighted by Crippen LogP contribution is 2.26. The van der Waals surface area contributed by atoms with E-state index in [0.717, 1.165) is 11.1 Å². The van der Waals surface area contributed by atoms with Crippen LogP contribution in [0, 0.1) is 11.3 Å². The zero-order chi connectivity index (χ0) is 13.7. The first-order valence-electron chi connectivity index (χ1n) is 5.84. The standard InChI is InChI=1S/C15H13ClN2O/c16-14-2-1-3-15(13(14)9-18)19-10-12-6-4-11(8-17)5-7-12/h1-7H,9-10,18H2. The quantitative estimate of drug-likeness (QED) is 0.929. The topological polar surface area (TPSA) is 59.0 Å². The molecule has 3 nitrogen and oxygen atoms in total. The van der Waals surface area contributed by atoms with E-state index in [9.17, 15) is 0 Å². The Hall–Kier alpha value is -2.02. The number of nitriles is 1. The maximum atomic E-state index is 8.73. The summed E-state index contributed by atoms with van der Waals surface area (Å²) < 4.78 is 5.72.